The van der Waals surface area contributed by atoms with Gasteiger partial charge >= 0.3 is 0 Å². The molecular formula is C75H108F8N4O4. The zero-order valence-electron chi connectivity index (χ0n) is 57.4. The Balaban J connectivity index is 0.000000317. The number of carbonyl (C=O) groups excluding carboxylic acids is 4. The normalized spacial score (nSPS) is 16.3. The first kappa shape index (κ1) is 79.2. The monoisotopic (exact) mass is 1280 g/mol. The lowest BCUT2D eigenvalue weighted by Gasteiger charge is -2.26. The van der Waals surface area contributed by atoms with Crippen LogP contribution < -0.4 is 21.3 Å². The Morgan fingerprint density at radius 3 is 0.956 bits per heavy atom. The molecule has 508 valence electrons. The van der Waals surface area contributed by atoms with Gasteiger partial charge in [0.2, 0.25) is 23.6 Å². The molecule has 16 heteroatoms. The molecule has 4 amide bonds. The van der Waals surface area contributed by atoms with E-state index in [9.17, 15) is 54.3 Å². The SMILES string of the molecule is C=C(C)CC(CCc1cc(F)cc(F)c1)C(=O)NC(C)(C)C.CC(C)(C)NC(=O)C(CCc1cc(F)cc(F)c1)CC1CCCC1.CC(C)CC(CCc1cc(F)cc(F)c1)C(=O)NC(C)(C)C.CC1CC1CC(CCc1cc(F)cc(F)c1)C(=O)NC(C)(C)C. The number of nitrogens with one attached hydrogen (secondary N) is 4. The maximum Gasteiger partial charge on any atom is 0.223 e. The van der Waals surface area contributed by atoms with Crippen LogP contribution in [0.1, 0.15) is 217 Å². The van der Waals surface area contributed by atoms with Crippen LogP contribution >= 0.6 is 0 Å². The third kappa shape index (κ3) is 35.0. The number of rotatable bonds is 24. The molecular weight excluding hydrogens is 1170 g/mol. The van der Waals surface area contributed by atoms with Crippen molar-refractivity contribution in [1.29, 1.82) is 0 Å². The van der Waals surface area contributed by atoms with Crippen molar-refractivity contribution >= 4 is 23.6 Å². The van der Waals surface area contributed by atoms with Crippen molar-refractivity contribution in [2.75, 3.05) is 0 Å². The fourth-order valence-corrected chi connectivity index (χ4v) is 11.4. The molecule has 0 heterocycles. The highest BCUT2D eigenvalue weighted by atomic mass is 19.2. The molecule has 0 aliphatic heterocycles. The van der Waals surface area contributed by atoms with Crippen LogP contribution in [0.5, 0.6) is 0 Å². The lowest BCUT2D eigenvalue weighted by atomic mass is 9.87. The maximum atomic E-state index is 13.3. The van der Waals surface area contributed by atoms with Gasteiger partial charge in [-0.15, -0.1) is 6.58 Å². The van der Waals surface area contributed by atoms with Gasteiger partial charge in [0, 0.05) is 70.1 Å². The van der Waals surface area contributed by atoms with Crippen LogP contribution in [0.4, 0.5) is 35.1 Å². The second-order valence-corrected chi connectivity index (χ2v) is 30.4. The number of benzene rings is 4. The van der Waals surface area contributed by atoms with Crippen LogP contribution in [-0.2, 0) is 44.9 Å². The number of hydrogen-bond acceptors (Lipinski definition) is 4. The highest BCUT2D eigenvalue weighted by Gasteiger charge is 2.37. The highest BCUT2D eigenvalue weighted by molar-refractivity contribution is 5.81. The Kier molecular flexibility index (Phi) is 31.7. The topological polar surface area (TPSA) is 116 Å². The van der Waals surface area contributed by atoms with Gasteiger partial charge in [0.15, 0.2) is 0 Å². The number of aryl methyl sites for hydroxylation is 4. The average molecular weight is 1280 g/mol. The van der Waals surface area contributed by atoms with E-state index in [2.05, 4.69) is 48.6 Å². The predicted octanol–water partition coefficient (Wildman–Crippen LogP) is 18.4. The summed E-state index contributed by atoms with van der Waals surface area (Å²) in [5.74, 6) is -2.81. The zero-order valence-corrected chi connectivity index (χ0v) is 57.4. The van der Waals surface area contributed by atoms with Gasteiger partial charge in [-0.25, -0.2) is 35.1 Å². The molecule has 0 aromatic heterocycles. The lowest BCUT2D eigenvalue weighted by Crippen LogP contribution is -2.44. The highest BCUT2D eigenvalue weighted by Crippen LogP contribution is 2.43. The van der Waals surface area contributed by atoms with E-state index in [0.717, 1.165) is 49.1 Å². The number of hydrogen-bond donors (Lipinski definition) is 4. The van der Waals surface area contributed by atoms with Gasteiger partial charge in [0.1, 0.15) is 46.5 Å². The minimum atomic E-state index is -0.592. The van der Waals surface area contributed by atoms with Crippen LogP contribution in [0.15, 0.2) is 84.9 Å². The van der Waals surface area contributed by atoms with E-state index in [1.54, 1.807) is 0 Å². The van der Waals surface area contributed by atoms with Crippen molar-refractivity contribution in [2.24, 2.45) is 47.3 Å². The van der Waals surface area contributed by atoms with Crippen molar-refractivity contribution < 1.29 is 54.3 Å². The van der Waals surface area contributed by atoms with E-state index in [4.69, 9.17) is 0 Å². The molecule has 2 saturated carbocycles. The molecule has 6 rings (SSSR count). The number of halogens is 8. The summed E-state index contributed by atoms with van der Waals surface area (Å²) < 4.78 is 106. The van der Waals surface area contributed by atoms with Gasteiger partial charge in [-0.05, 0) is 268 Å². The molecule has 4 N–H and O–H groups in total. The lowest BCUT2D eigenvalue weighted by molar-refractivity contribution is -0.128. The number of amides is 4. The average Bonchev–Trinajstić information content (AvgIpc) is 1.93. The summed E-state index contributed by atoms with van der Waals surface area (Å²) in [7, 11) is 0. The second-order valence-electron chi connectivity index (χ2n) is 30.4. The van der Waals surface area contributed by atoms with Crippen molar-refractivity contribution in [2.45, 2.75) is 242 Å². The summed E-state index contributed by atoms with van der Waals surface area (Å²) >= 11 is 0. The van der Waals surface area contributed by atoms with Gasteiger partial charge in [-0.3, -0.25) is 19.2 Å². The molecule has 0 spiro atoms. The summed E-state index contributed by atoms with van der Waals surface area (Å²) in [4.78, 5) is 49.9. The molecule has 91 heavy (non-hydrogen) atoms. The fraction of sp³-hybridized carbons (Fsp3) is 0.600. The van der Waals surface area contributed by atoms with Crippen LogP contribution in [0, 0.1) is 93.9 Å². The molecule has 6 atom stereocenters. The summed E-state index contributed by atoms with van der Waals surface area (Å²) in [6.45, 7) is 35.5. The van der Waals surface area contributed by atoms with Crippen molar-refractivity contribution in [3.05, 3.63) is 154 Å². The zero-order chi connectivity index (χ0) is 68.8. The first-order valence-electron chi connectivity index (χ1n) is 32.7. The summed E-state index contributed by atoms with van der Waals surface area (Å²) in [5, 5.41) is 12.1. The van der Waals surface area contributed by atoms with Gasteiger partial charge in [-0.1, -0.05) is 52.0 Å². The van der Waals surface area contributed by atoms with E-state index in [0.29, 0.717) is 104 Å². The van der Waals surface area contributed by atoms with Crippen LogP contribution in [0.3, 0.4) is 0 Å². The smallest absolute Gasteiger partial charge is 0.223 e. The summed E-state index contributed by atoms with van der Waals surface area (Å²) in [6.07, 6.45) is 13.4. The van der Waals surface area contributed by atoms with Gasteiger partial charge in [0.05, 0.1) is 0 Å². The van der Waals surface area contributed by atoms with E-state index >= 15 is 0 Å². The van der Waals surface area contributed by atoms with Crippen molar-refractivity contribution in [3.63, 3.8) is 0 Å². The predicted molar refractivity (Wildman–Crippen MR) is 352 cm³/mol. The van der Waals surface area contributed by atoms with Gasteiger partial charge < -0.3 is 21.3 Å². The Morgan fingerprint density at radius 2 is 0.692 bits per heavy atom. The largest absolute Gasteiger partial charge is 0.351 e. The molecule has 4 aromatic rings. The number of allylic oxidation sites excluding steroid dienone is 1. The molecule has 0 saturated heterocycles. The number of carbonyl (C=O) groups is 4. The first-order valence-corrected chi connectivity index (χ1v) is 32.7. The molecule has 2 aliphatic carbocycles. The molecule has 4 aromatic carbocycles. The molecule has 0 radical (unpaired) electrons. The maximum absolute atomic E-state index is 13.3. The van der Waals surface area contributed by atoms with E-state index in [1.807, 2.05) is 90.0 Å². The minimum Gasteiger partial charge on any atom is -0.351 e. The van der Waals surface area contributed by atoms with Crippen LogP contribution in [0.25, 0.3) is 0 Å². The summed E-state index contributed by atoms with van der Waals surface area (Å²) in [5.41, 5.74) is 2.17. The van der Waals surface area contributed by atoms with Crippen molar-refractivity contribution in [3.8, 4) is 0 Å². The Labute approximate surface area is 540 Å². The third-order valence-electron chi connectivity index (χ3n) is 15.6. The second kappa shape index (κ2) is 36.4. The van der Waals surface area contributed by atoms with Gasteiger partial charge in [-0.2, -0.15) is 0 Å². The first-order chi connectivity index (χ1) is 42.0. The molecule has 8 nitrogen and oxygen atoms in total. The van der Waals surface area contributed by atoms with Gasteiger partial charge in [0.25, 0.3) is 0 Å². The Hall–Kier alpha value is -6.06. The van der Waals surface area contributed by atoms with E-state index in [-0.39, 0.29) is 69.5 Å². The fourth-order valence-electron chi connectivity index (χ4n) is 11.4. The van der Waals surface area contributed by atoms with Crippen LogP contribution in [-0.4, -0.2) is 45.8 Å². The van der Waals surface area contributed by atoms with E-state index < -0.39 is 46.5 Å². The summed E-state index contributed by atoms with van der Waals surface area (Å²) in [6, 6.07) is 14.2. The standard InChI is InChI=1S/C20H29F2NO.C19H27F2NO.C18H27F2NO.C18H25F2NO/c1-20(2,3)23-19(24)16(10-14-6-4-5-7-14)9-8-15-11-17(21)13-18(22)12-15;1-12-7-15(12)10-14(18(23)22-19(2,3)4)6-5-13-8-16(20)11-17(21)9-13;2*1-12(2)8-14(17(22)21-18(3,4)5)7-6-13-9-15(19)11-16(20)10-13/h11-14,16H,4-10H2,1-3H3,(H,23,24);8-9,11-12,14-15H,5-7,10H2,1-4H3,(H,22,23);9-12,14H,6-8H2,1-5H3,(H,21,22);9-11,14H,1,6-8H2,2-5H3,(H,21,22). The molecule has 6 unspecified atom stereocenters. The Morgan fingerprint density at radius 1 is 0.440 bits per heavy atom. The van der Waals surface area contributed by atoms with Crippen LogP contribution in [0.2, 0.25) is 0 Å². The quantitative estimate of drug-likeness (QED) is 0.0413. The molecule has 0 bridgehead atoms. The Bertz CT molecular complexity index is 2890. The molecule has 2 fully saturated rings. The van der Waals surface area contributed by atoms with Crippen molar-refractivity contribution in [1.82, 2.24) is 21.3 Å². The van der Waals surface area contributed by atoms with E-state index in [1.165, 1.54) is 80.6 Å². The minimum absolute atomic E-state index is 0.0121. The third-order valence-corrected chi connectivity index (χ3v) is 15.6. The molecule has 2 aliphatic rings.